The zero-order valence-corrected chi connectivity index (χ0v) is 17.5. The summed E-state index contributed by atoms with van der Waals surface area (Å²) in [5.74, 6) is -1.13. The van der Waals surface area contributed by atoms with Gasteiger partial charge < -0.3 is 5.32 Å². The first kappa shape index (κ1) is 20.7. The van der Waals surface area contributed by atoms with Gasteiger partial charge in [0.25, 0.3) is 10.0 Å². The van der Waals surface area contributed by atoms with Crippen LogP contribution in [-0.4, -0.2) is 49.6 Å². The summed E-state index contributed by atoms with van der Waals surface area (Å²) in [5, 5.41) is 1.78. The van der Waals surface area contributed by atoms with Crippen LogP contribution in [0.5, 0.6) is 0 Å². The number of fused-ring (bicyclic) bond motifs is 1. The van der Waals surface area contributed by atoms with E-state index in [1.807, 2.05) is 4.72 Å². The lowest BCUT2D eigenvalue weighted by Crippen LogP contribution is -2.44. The summed E-state index contributed by atoms with van der Waals surface area (Å²) in [7, 11) is -4.34. The summed E-state index contributed by atoms with van der Waals surface area (Å²) in [6.07, 6.45) is 2.17. The molecule has 29 heavy (non-hydrogen) atoms. The number of nitrogens with one attached hydrogen (secondary N) is 2. The highest BCUT2D eigenvalue weighted by molar-refractivity contribution is 7.93. The molecule has 2 aromatic rings. The zero-order chi connectivity index (χ0) is 20.8. The van der Waals surface area contributed by atoms with Crippen LogP contribution in [0.1, 0.15) is 19.3 Å². The number of anilines is 2. The smallest absolute Gasteiger partial charge is 0.266 e. The Morgan fingerprint density at radius 1 is 1.38 bits per heavy atom. The van der Waals surface area contributed by atoms with E-state index >= 15 is 0 Å². The van der Waals surface area contributed by atoms with E-state index in [1.165, 1.54) is 6.07 Å². The van der Waals surface area contributed by atoms with Crippen LogP contribution < -0.4 is 10.0 Å². The van der Waals surface area contributed by atoms with Gasteiger partial charge in [0.1, 0.15) is 16.1 Å². The highest BCUT2D eigenvalue weighted by atomic mass is 35.5. The number of benzene rings is 1. The maximum Gasteiger partial charge on any atom is 0.266 e. The molecular formula is C17H18ClF3N4O2S2. The van der Waals surface area contributed by atoms with Crippen LogP contribution >= 0.6 is 22.9 Å². The third kappa shape index (κ3) is 3.92. The van der Waals surface area contributed by atoms with Crippen LogP contribution in [0.4, 0.5) is 24.0 Å². The molecule has 0 saturated carbocycles. The third-order valence-electron chi connectivity index (χ3n) is 5.40. The minimum atomic E-state index is -4.34. The Labute approximate surface area is 175 Å². The largest absolute Gasteiger partial charge is 0.382 e. The van der Waals surface area contributed by atoms with E-state index in [0.717, 1.165) is 31.6 Å². The van der Waals surface area contributed by atoms with Gasteiger partial charge >= 0.3 is 0 Å². The van der Waals surface area contributed by atoms with Crippen LogP contribution in [0.3, 0.4) is 0 Å². The lowest BCUT2D eigenvalue weighted by molar-refractivity contribution is 0.209. The maximum atomic E-state index is 14.7. The lowest BCUT2D eigenvalue weighted by atomic mass is 9.93. The molecule has 158 valence electrons. The first-order chi connectivity index (χ1) is 13.7. The van der Waals surface area contributed by atoms with Gasteiger partial charge in [0.05, 0.1) is 11.9 Å². The number of hydrogen-bond acceptors (Lipinski definition) is 6. The molecule has 2 aliphatic rings. The monoisotopic (exact) mass is 466 g/mol. The van der Waals surface area contributed by atoms with E-state index in [4.69, 9.17) is 11.6 Å². The lowest BCUT2D eigenvalue weighted by Gasteiger charge is -2.32. The molecule has 0 bridgehead atoms. The second-order valence-corrected chi connectivity index (χ2v) is 10.3. The van der Waals surface area contributed by atoms with Crippen LogP contribution in [0, 0.1) is 10.9 Å². The van der Waals surface area contributed by atoms with Gasteiger partial charge in [-0.05, 0) is 37.9 Å². The van der Waals surface area contributed by atoms with Gasteiger partial charge in [-0.2, -0.15) is 4.39 Å². The minimum Gasteiger partial charge on any atom is -0.382 e. The Morgan fingerprint density at radius 3 is 2.90 bits per heavy atom. The highest BCUT2D eigenvalue weighted by Gasteiger charge is 2.48. The zero-order valence-electron chi connectivity index (χ0n) is 15.1. The molecule has 0 spiro atoms. The molecule has 2 N–H and O–H groups in total. The number of nitrogens with zero attached hydrogens (tertiary/aromatic N) is 2. The molecule has 2 fully saturated rings. The van der Waals surface area contributed by atoms with E-state index < -0.39 is 32.0 Å². The molecule has 1 aromatic heterocycles. The quantitative estimate of drug-likeness (QED) is 0.676. The van der Waals surface area contributed by atoms with Crippen molar-refractivity contribution in [3.8, 4) is 0 Å². The fourth-order valence-corrected chi connectivity index (χ4v) is 6.26. The van der Waals surface area contributed by atoms with E-state index in [1.54, 1.807) is 0 Å². The number of hydrogen-bond donors (Lipinski definition) is 2. The molecule has 6 nitrogen and oxygen atoms in total. The van der Waals surface area contributed by atoms with Crippen molar-refractivity contribution >= 4 is 43.8 Å². The number of aromatic nitrogens is 1. The topological polar surface area (TPSA) is 74.3 Å². The first-order valence-electron chi connectivity index (χ1n) is 8.95. The Hall–Kier alpha value is -1.56. The van der Waals surface area contributed by atoms with E-state index in [2.05, 4.69) is 15.2 Å². The molecule has 3 heterocycles. The van der Waals surface area contributed by atoms with Crippen molar-refractivity contribution in [2.24, 2.45) is 0 Å². The number of halogens is 4. The highest BCUT2D eigenvalue weighted by Crippen LogP contribution is 2.41. The van der Waals surface area contributed by atoms with Crippen molar-refractivity contribution in [3.05, 3.63) is 34.3 Å². The first-order valence-corrected chi connectivity index (χ1v) is 11.6. The Kier molecular flexibility index (Phi) is 5.43. The van der Waals surface area contributed by atoms with E-state index in [9.17, 15) is 21.6 Å². The Balaban J connectivity index is 1.53. The molecule has 0 radical (unpaired) electrons. The van der Waals surface area contributed by atoms with Crippen molar-refractivity contribution < 1.29 is 21.6 Å². The fraction of sp³-hybridized carbons (Fsp3) is 0.471. The Morgan fingerprint density at radius 2 is 2.17 bits per heavy atom. The summed E-state index contributed by atoms with van der Waals surface area (Å²) < 4.78 is 68.5. The van der Waals surface area contributed by atoms with Gasteiger partial charge in [0, 0.05) is 18.6 Å². The average Bonchev–Trinajstić information content (AvgIpc) is 3.29. The predicted molar refractivity (Wildman–Crippen MR) is 106 cm³/mol. The van der Waals surface area contributed by atoms with Gasteiger partial charge in [-0.1, -0.05) is 22.9 Å². The predicted octanol–water partition coefficient (Wildman–Crippen LogP) is 3.86. The summed E-state index contributed by atoms with van der Waals surface area (Å²) in [6.45, 7) is 1.60. The molecular weight excluding hydrogens is 449 g/mol. The van der Waals surface area contributed by atoms with Crippen molar-refractivity contribution in [2.45, 2.75) is 35.9 Å². The summed E-state index contributed by atoms with van der Waals surface area (Å²) in [4.78, 5) is 4.99. The third-order valence-corrected chi connectivity index (χ3v) is 7.96. The number of alkyl halides is 1. The van der Waals surface area contributed by atoms with Gasteiger partial charge in [-0.15, -0.1) is 0 Å². The maximum absolute atomic E-state index is 14.7. The van der Waals surface area contributed by atoms with Crippen molar-refractivity contribution in [3.63, 3.8) is 0 Å². The fourth-order valence-electron chi connectivity index (χ4n) is 4.11. The van der Waals surface area contributed by atoms with Crippen molar-refractivity contribution in [1.29, 1.82) is 0 Å². The molecule has 2 aliphatic heterocycles. The molecule has 2 atom stereocenters. The molecule has 12 heteroatoms. The second kappa shape index (κ2) is 7.60. The van der Waals surface area contributed by atoms with Gasteiger partial charge in [-0.25, -0.2) is 22.2 Å². The molecule has 4 rings (SSSR count). The van der Waals surface area contributed by atoms with Crippen molar-refractivity contribution in [2.75, 3.05) is 29.7 Å². The Bertz CT molecular complexity index is 1040. The number of rotatable bonds is 6. The molecule has 1 aromatic carbocycles. The molecule has 2 saturated heterocycles. The standard InChI is InChI=1S/C17H18ClF3N4O2S2/c18-14-11(23-9-17-4-1-5-25(17)8-10(19)6-17)2-3-12(15(14)21)29(26,27)24-16-22-7-13(20)28-16/h2-3,7,10,23H,1,4-6,8-9H2,(H,22,24)/t10-,17+/m0/s1. The number of sulfonamides is 1. The second-order valence-electron chi connectivity index (χ2n) is 7.24. The molecule has 0 aliphatic carbocycles. The normalized spacial score (nSPS) is 24.6. The van der Waals surface area contributed by atoms with E-state index in [0.29, 0.717) is 30.8 Å². The SMILES string of the molecule is O=S(=O)(Nc1ncc(F)s1)c1ccc(NC[C@]23CCCN2C[C@@H](F)C3)c(Cl)c1F. The molecule has 0 amide bonds. The average molecular weight is 467 g/mol. The van der Waals surface area contributed by atoms with Gasteiger partial charge in [0.2, 0.25) is 0 Å². The number of thiazole rings is 1. The van der Waals surface area contributed by atoms with Gasteiger partial charge in [0.15, 0.2) is 16.1 Å². The minimum absolute atomic E-state index is 0.220. The summed E-state index contributed by atoms with van der Waals surface area (Å²) >= 11 is 6.56. The molecule has 0 unspecified atom stereocenters. The van der Waals surface area contributed by atoms with Gasteiger partial charge in [-0.3, -0.25) is 9.62 Å². The van der Waals surface area contributed by atoms with Crippen LogP contribution in [0.2, 0.25) is 5.02 Å². The summed E-state index contributed by atoms with van der Waals surface area (Å²) in [5.41, 5.74) is -0.104. The van der Waals surface area contributed by atoms with E-state index in [-0.39, 0.29) is 21.4 Å². The van der Waals surface area contributed by atoms with Crippen molar-refractivity contribution in [1.82, 2.24) is 9.88 Å². The van der Waals surface area contributed by atoms with Crippen LogP contribution in [-0.2, 0) is 10.0 Å². The van der Waals surface area contributed by atoms with Crippen LogP contribution in [0.15, 0.2) is 23.2 Å². The van der Waals surface area contributed by atoms with Crippen LogP contribution in [0.25, 0.3) is 0 Å². The summed E-state index contributed by atoms with van der Waals surface area (Å²) in [6, 6.07) is 2.44.